The predicted octanol–water partition coefficient (Wildman–Crippen LogP) is 3.53. The van der Waals surface area contributed by atoms with Gasteiger partial charge < -0.3 is 5.32 Å². The fraction of sp³-hybridized carbons (Fsp3) is 0.0769. The second kappa shape index (κ2) is 5.79. The zero-order valence-corrected chi connectivity index (χ0v) is 13.3. The fourth-order valence-corrected chi connectivity index (χ4v) is 2.59. The van der Waals surface area contributed by atoms with Crippen molar-refractivity contribution in [2.75, 3.05) is 5.32 Å². The molecule has 21 heavy (non-hydrogen) atoms. The number of aromatic nitrogens is 5. The summed E-state index contributed by atoms with van der Waals surface area (Å²) in [5, 5.41) is 7.29. The quantitative estimate of drug-likeness (QED) is 0.769. The normalized spacial score (nSPS) is 10.6. The van der Waals surface area contributed by atoms with Crippen molar-refractivity contribution < 1.29 is 0 Å². The van der Waals surface area contributed by atoms with Gasteiger partial charge in [-0.15, -0.1) is 0 Å². The number of nitrogens with one attached hydrogen (secondary N) is 1. The number of anilines is 2. The van der Waals surface area contributed by atoms with E-state index in [2.05, 4.69) is 41.3 Å². The molecule has 0 bridgehead atoms. The Labute approximate surface area is 134 Å². The molecule has 0 amide bonds. The van der Waals surface area contributed by atoms with Crippen molar-refractivity contribution in [3.8, 4) is 5.95 Å². The van der Waals surface area contributed by atoms with Gasteiger partial charge in [-0.2, -0.15) is 20.1 Å². The van der Waals surface area contributed by atoms with Crippen LogP contribution in [0, 0.1) is 6.92 Å². The lowest BCUT2D eigenvalue weighted by molar-refractivity contribution is 0.798. The van der Waals surface area contributed by atoms with Crippen LogP contribution in [-0.4, -0.2) is 24.7 Å². The molecule has 106 valence electrons. The maximum absolute atomic E-state index is 5.94. The summed E-state index contributed by atoms with van der Waals surface area (Å²) in [6.07, 6.45) is 3.38. The van der Waals surface area contributed by atoms with Crippen molar-refractivity contribution >= 4 is 39.2 Å². The topological polar surface area (TPSA) is 68.5 Å². The molecule has 0 aliphatic heterocycles. The maximum Gasteiger partial charge on any atom is 0.256 e. The molecule has 2 aromatic heterocycles. The standard InChI is InChI=1S/C13H10BrClN6/c1-8-5-9(14)7-10(6-8)17-12-18-11(15)19-13(20-12)21-4-2-3-16-21/h2-7H,1H3,(H,17,18,19,20). The van der Waals surface area contributed by atoms with Gasteiger partial charge in [-0.25, -0.2) is 4.68 Å². The summed E-state index contributed by atoms with van der Waals surface area (Å²) in [5.74, 6) is 0.715. The third kappa shape index (κ3) is 3.37. The molecule has 0 saturated heterocycles. The molecule has 3 aromatic rings. The zero-order valence-electron chi connectivity index (χ0n) is 11.0. The van der Waals surface area contributed by atoms with Crippen LogP contribution in [0.4, 0.5) is 11.6 Å². The number of nitrogens with zero attached hydrogens (tertiary/aromatic N) is 5. The Kier molecular flexibility index (Phi) is 3.85. The monoisotopic (exact) mass is 364 g/mol. The molecule has 1 aromatic carbocycles. The first kappa shape index (κ1) is 14.0. The van der Waals surface area contributed by atoms with Gasteiger partial charge in [-0.05, 0) is 48.4 Å². The highest BCUT2D eigenvalue weighted by atomic mass is 79.9. The average Bonchev–Trinajstić information content (AvgIpc) is 2.90. The molecular formula is C13H10BrClN6. The molecular weight excluding hydrogens is 356 g/mol. The minimum Gasteiger partial charge on any atom is -0.324 e. The molecule has 3 rings (SSSR count). The van der Waals surface area contributed by atoms with Gasteiger partial charge in [0, 0.05) is 22.6 Å². The van der Waals surface area contributed by atoms with Crippen LogP contribution in [0.5, 0.6) is 0 Å². The summed E-state index contributed by atoms with van der Waals surface area (Å²) in [6, 6.07) is 7.71. The second-order valence-corrected chi connectivity index (χ2v) is 5.57. The summed E-state index contributed by atoms with van der Waals surface area (Å²) in [7, 11) is 0. The molecule has 0 fully saturated rings. The van der Waals surface area contributed by atoms with E-state index in [1.54, 1.807) is 18.5 Å². The number of hydrogen-bond acceptors (Lipinski definition) is 5. The van der Waals surface area contributed by atoms with Crippen LogP contribution in [0.3, 0.4) is 0 Å². The maximum atomic E-state index is 5.94. The first-order chi connectivity index (χ1) is 10.1. The van der Waals surface area contributed by atoms with Crippen LogP contribution in [0.25, 0.3) is 5.95 Å². The molecule has 0 spiro atoms. The van der Waals surface area contributed by atoms with E-state index in [4.69, 9.17) is 11.6 Å². The van der Waals surface area contributed by atoms with Crippen molar-refractivity contribution in [1.82, 2.24) is 24.7 Å². The molecule has 0 unspecified atom stereocenters. The van der Waals surface area contributed by atoms with Crippen molar-refractivity contribution in [2.45, 2.75) is 6.92 Å². The van der Waals surface area contributed by atoms with E-state index >= 15 is 0 Å². The first-order valence-electron chi connectivity index (χ1n) is 6.06. The van der Waals surface area contributed by atoms with Crippen LogP contribution < -0.4 is 5.32 Å². The Hall–Kier alpha value is -1.99. The van der Waals surface area contributed by atoms with Gasteiger partial charge in [0.25, 0.3) is 5.95 Å². The van der Waals surface area contributed by atoms with Gasteiger partial charge in [-0.1, -0.05) is 15.9 Å². The average molecular weight is 366 g/mol. The number of benzene rings is 1. The van der Waals surface area contributed by atoms with Gasteiger partial charge in [0.2, 0.25) is 11.2 Å². The lowest BCUT2D eigenvalue weighted by Crippen LogP contribution is -2.07. The van der Waals surface area contributed by atoms with Gasteiger partial charge in [0.15, 0.2) is 0 Å². The van der Waals surface area contributed by atoms with Crippen LogP contribution >= 0.6 is 27.5 Å². The SMILES string of the molecule is Cc1cc(Br)cc(Nc2nc(Cl)nc(-n3cccn3)n2)c1. The molecule has 0 aliphatic rings. The van der Waals surface area contributed by atoms with E-state index in [-0.39, 0.29) is 5.28 Å². The van der Waals surface area contributed by atoms with Gasteiger partial charge in [0.1, 0.15) is 0 Å². The number of aryl methyl sites for hydroxylation is 1. The molecule has 0 saturated carbocycles. The highest BCUT2D eigenvalue weighted by Gasteiger charge is 2.08. The first-order valence-corrected chi connectivity index (χ1v) is 7.23. The highest BCUT2D eigenvalue weighted by molar-refractivity contribution is 9.10. The van der Waals surface area contributed by atoms with Crippen molar-refractivity contribution in [1.29, 1.82) is 0 Å². The van der Waals surface area contributed by atoms with Gasteiger partial charge in [-0.3, -0.25) is 0 Å². The molecule has 1 N–H and O–H groups in total. The molecule has 8 heteroatoms. The largest absolute Gasteiger partial charge is 0.324 e. The number of rotatable bonds is 3. The Bertz CT molecular complexity index is 754. The predicted molar refractivity (Wildman–Crippen MR) is 84.1 cm³/mol. The minimum absolute atomic E-state index is 0.102. The lowest BCUT2D eigenvalue weighted by atomic mass is 10.2. The summed E-state index contributed by atoms with van der Waals surface area (Å²) in [4.78, 5) is 12.4. The molecule has 0 radical (unpaired) electrons. The second-order valence-electron chi connectivity index (χ2n) is 4.32. The summed E-state index contributed by atoms with van der Waals surface area (Å²) >= 11 is 9.40. The molecule has 0 aliphatic carbocycles. The smallest absolute Gasteiger partial charge is 0.256 e. The van der Waals surface area contributed by atoms with Crippen LogP contribution in [0.15, 0.2) is 41.1 Å². The van der Waals surface area contributed by atoms with E-state index in [1.807, 2.05) is 25.1 Å². The lowest BCUT2D eigenvalue weighted by Gasteiger charge is -2.08. The summed E-state index contributed by atoms with van der Waals surface area (Å²) < 4.78 is 2.49. The highest BCUT2D eigenvalue weighted by Crippen LogP contribution is 2.22. The third-order valence-electron chi connectivity index (χ3n) is 2.60. The van der Waals surface area contributed by atoms with Crippen LogP contribution in [0.2, 0.25) is 5.28 Å². The van der Waals surface area contributed by atoms with Crippen LogP contribution in [0.1, 0.15) is 5.56 Å². The summed E-state index contributed by atoms with van der Waals surface area (Å²) in [5.41, 5.74) is 1.97. The Morgan fingerprint density at radius 3 is 2.76 bits per heavy atom. The Morgan fingerprint density at radius 2 is 2.05 bits per heavy atom. The fourth-order valence-electron chi connectivity index (χ4n) is 1.82. The Balaban J connectivity index is 1.95. The van der Waals surface area contributed by atoms with Crippen LogP contribution in [-0.2, 0) is 0 Å². The third-order valence-corrected chi connectivity index (χ3v) is 3.23. The molecule has 6 nitrogen and oxygen atoms in total. The van der Waals surface area contributed by atoms with E-state index in [0.29, 0.717) is 11.9 Å². The minimum atomic E-state index is 0.102. The zero-order chi connectivity index (χ0) is 14.8. The Morgan fingerprint density at radius 1 is 1.19 bits per heavy atom. The van der Waals surface area contributed by atoms with Gasteiger partial charge >= 0.3 is 0 Å². The van der Waals surface area contributed by atoms with Crippen molar-refractivity contribution in [3.05, 3.63) is 52.0 Å². The van der Waals surface area contributed by atoms with Gasteiger partial charge in [0.05, 0.1) is 0 Å². The molecule has 0 atom stereocenters. The number of halogens is 2. The summed E-state index contributed by atoms with van der Waals surface area (Å²) in [6.45, 7) is 2.01. The van der Waals surface area contributed by atoms with E-state index in [9.17, 15) is 0 Å². The molecule has 2 heterocycles. The van der Waals surface area contributed by atoms with Crippen molar-refractivity contribution in [2.24, 2.45) is 0 Å². The van der Waals surface area contributed by atoms with E-state index < -0.39 is 0 Å². The van der Waals surface area contributed by atoms with Crippen molar-refractivity contribution in [3.63, 3.8) is 0 Å². The number of hydrogen-bond donors (Lipinski definition) is 1. The van der Waals surface area contributed by atoms with E-state index in [1.165, 1.54) is 4.68 Å². The van der Waals surface area contributed by atoms with E-state index in [0.717, 1.165) is 15.7 Å².